The van der Waals surface area contributed by atoms with Crippen LogP contribution in [0.15, 0.2) is 23.1 Å². The Hall–Kier alpha value is -0.330. The van der Waals surface area contributed by atoms with Gasteiger partial charge in [0.25, 0.3) is 0 Å². The van der Waals surface area contributed by atoms with Gasteiger partial charge in [0, 0.05) is 19.1 Å². The Morgan fingerprint density at radius 1 is 1.40 bits per heavy atom. The van der Waals surface area contributed by atoms with E-state index in [0.29, 0.717) is 19.5 Å². The van der Waals surface area contributed by atoms with Crippen LogP contribution in [0, 0.1) is 5.92 Å². The fourth-order valence-corrected chi connectivity index (χ4v) is 4.74. The molecular weight excluding hydrogens is 319 g/mol. The molecule has 0 spiro atoms. The molecule has 1 aromatic carbocycles. The number of piperidine rings is 1. The number of nitrogens with two attached hydrogens (primary N) is 1. The summed E-state index contributed by atoms with van der Waals surface area (Å²) in [5.41, 5.74) is 6.02. The highest BCUT2D eigenvalue weighted by atomic mass is 35.5. The molecule has 1 aliphatic rings. The van der Waals surface area contributed by atoms with Crippen molar-refractivity contribution in [3.63, 3.8) is 0 Å². The minimum Gasteiger partial charge on any atom is -0.327 e. The fourth-order valence-electron chi connectivity index (χ4n) is 2.49. The maximum atomic E-state index is 12.7. The van der Waals surface area contributed by atoms with E-state index in [1.165, 1.54) is 10.4 Å². The Labute approximate surface area is 129 Å². The van der Waals surface area contributed by atoms with Crippen LogP contribution in [0.4, 0.5) is 0 Å². The molecule has 2 unspecified atom stereocenters. The minimum absolute atomic E-state index is 0.0567. The summed E-state index contributed by atoms with van der Waals surface area (Å²) < 4.78 is 26.8. The lowest BCUT2D eigenvalue weighted by Crippen LogP contribution is -2.48. The van der Waals surface area contributed by atoms with Crippen LogP contribution in [-0.2, 0) is 10.0 Å². The molecule has 0 aliphatic carbocycles. The highest BCUT2D eigenvalue weighted by Gasteiger charge is 2.34. The van der Waals surface area contributed by atoms with Crippen molar-refractivity contribution in [2.75, 3.05) is 13.1 Å². The zero-order chi connectivity index (χ0) is 14.9. The molecule has 2 rings (SSSR count). The van der Waals surface area contributed by atoms with E-state index < -0.39 is 10.0 Å². The predicted octanol–water partition coefficient (Wildman–Crippen LogP) is 2.74. The van der Waals surface area contributed by atoms with Crippen LogP contribution in [0.2, 0.25) is 10.0 Å². The molecule has 1 aromatic rings. The molecule has 1 aliphatic heterocycles. The lowest BCUT2D eigenvalue weighted by atomic mass is 9.92. The van der Waals surface area contributed by atoms with E-state index in [-0.39, 0.29) is 26.9 Å². The average Bonchev–Trinajstić information content (AvgIpc) is 2.42. The molecule has 0 saturated carbocycles. The number of halogens is 2. The van der Waals surface area contributed by atoms with Crippen molar-refractivity contribution in [3.05, 3.63) is 28.2 Å². The zero-order valence-electron chi connectivity index (χ0n) is 11.2. The zero-order valence-corrected chi connectivity index (χ0v) is 13.5. The number of hydrogen-bond donors (Lipinski definition) is 1. The van der Waals surface area contributed by atoms with Gasteiger partial charge < -0.3 is 5.73 Å². The van der Waals surface area contributed by atoms with Crippen LogP contribution in [0.25, 0.3) is 0 Å². The largest absolute Gasteiger partial charge is 0.327 e. The Balaban J connectivity index is 2.33. The van der Waals surface area contributed by atoms with Gasteiger partial charge in [-0.25, -0.2) is 8.42 Å². The molecule has 0 aromatic heterocycles. The molecule has 7 heteroatoms. The van der Waals surface area contributed by atoms with Crippen LogP contribution in [0.1, 0.15) is 19.8 Å². The van der Waals surface area contributed by atoms with Crippen molar-refractivity contribution in [1.82, 2.24) is 4.31 Å². The molecule has 0 amide bonds. The van der Waals surface area contributed by atoms with Crippen molar-refractivity contribution in [2.45, 2.75) is 30.7 Å². The van der Waals surface area contributed by atoms with Gasteiger partial charge in [-0.2, -0.15) is 4.31 Å². The summed E-state index contributed by atoms with van der Waals surface area (Å²) in [6, 6.07) is 4.71. The van der Waals surface area contributed by atoms with Gasteiger partial charge in [0.15, 0.2) is 0 Å². The summed E-state index contributed by atoms with van der Waals surface area (Å²) in [7, 11) is -3.62. The second kappa shape index (κ2) is 6.20. The van der Waals surface area contributed by atoms with E-state index in [1.54, 1.807) is 12.1 Å². The highest BCUT2D eigenvalue weighted by molar-refractivity contribution is 7.89. The molecule has 0 radical (unpaired) electrons. The first-order valence-electron chi connectivity index (χ1n) is 6.57. The number of sulfonamides is 1. The van der Waals surface area contributed by atoms with Crippen LogP contribution in [-0.4, -0.2) is 31.9 Å². The van der Waals surface area contributed by atoms with E-state index in [4.69, 9.17) is 28.9 Å². The van der Waals surface area contributed by atoms with Gasteiger partial charge in [-0.05, 0) is 24.5 Å². The fraction of sp³-hybridized carbons (Fsp3) is 0.538. The Bertz CT molecular complexity index is 592. The van der Waals surface area contributed by atoms with Crippen molar-refractivity contribution < 1.29 is 8.42 Å². The molecule has 1 saturated heterocycles. The first kappa shape index (κ1) is 16.0. The van der Waals surface area contributed by atoms with E-state index in [9.17, 15) is 8.42 Å². The molecule has 20 heavy (non-hydrogen) atoms. The van der Waals surface area contributed by atoms with E-state index in [0.717, 1.165) is 6.42 Å². The molecule has 1 heterocycles. The van der Waals surface area contributed by atoms with Gasteiger partial charge in [-0.3, -0.25) is 0 Å². The standard InChI is InChI=1S/C13H18Cl2N2O2S/c1-2-9-8-17(7-6-11(9)16)20(18,19)12-5-3-4-10(14)13(12)15/h3-5,9,11H,2,6-8,16H2,1H3. The Morgan fingerprint density at radius 2 is 2.10 bits per heavy atom. The van der Waals surface area contributed by atoms with Gasteiger partial charge in [0.05, 0.1) is 10.0 Å². The Morgan fingerprint density at radius 3 is 2.75 bits per heavy atom. The molecule has 4 nitrogen and oxygen atoms in total. The molecule has 2 N–H and O–H groups in total. The van der Waals surface area contributed by atoms with Gasteiger partial charge in [-0.1, -0.05) is 42.6 Å². The first-order chi connectivity index (χ1) is 9.37. The molecule has 1 fully saturated rings. The van der Waals surface area contributed by atoms with E-state index in [1.807, 2.05) is 6.92 Å². The van der Waals surface area contributed by atoms with Crippen molar-refractivity contribution in [2.24, 2.45) is 11.7 Å². The maximum Gasteiger partial charge on any atom is 0.244 e. The third kappa shape index (κ3) is 2.97. The molecule has 0 bridgehead atoms. The van der Waals surface area contributed by atoms with Gasteiger partial charge in [0.2, 0.25) is 10.0 Å². The van der Waals surface area contributed by atoms with E-state index in [2.05, 4.69) is 0 Å². The average molecular weight is 337 g/mol. The number of nitrogens with zero attached hydrogens (tertiary/aromatic N) is 1. The van der Waals surface area contributed by atoms with Crippen molar-refractivity contribution >= 4 is 33.2 Å². The number of benzene rings is 1. The van der Waals surface area contributed by atoms with Crippen molar-refractivity contribution in [1.29, 1.82) is 0 Å². The molecular formula is C13H18Cl2N2O2S. The van der Waals surface area contributed by atoms with Crippen LogP contribution in [0.3, 0.4) is 0 Å². The first-order valence-corrected chi connectivity index (χ1v) is 8.77. The monoisotopic (exact) mass is 336 g/mol. The van der Waals surface area contributed by atoms with E-state index >= 15 is 0 Å². The maximum absolute atomic E-state index is 12.7. The summed E-state index contributed by atoms with van der Waals surface area (Å²) in [5, 5.41) is 0.325. The molecule has 112 valence electrons. The predicted molar refractivity (Wildman–Crippen MR) is 81.6 cm³/mol. The summed E-state index contributed by atoms with van der Waals surface area (Å²) in [4.78, 5) is 0.0667. The normalized spacial score (nSPS) is 24.8. The lowest BCUT2D eigenvalue weighted by molar-refractivity contribution is 0.230. The van der Waals surface area contributed by atoms with Crippen LogP contribution < -0.4 is 5.73 Å². The van der Waals surface area contributed by atoms with Gasteiger partial charge in [0.1, 0.15) is 4.90 Å². The molecule has 2 atom stereocenters. The second-order valence-corrected chi connectivity index (χ2v) is 7.73. The summed E-state index contributed by atoms with van der Waals surface area (Å²) in [6.07, 6.45) is 1.52. The number of rotatable bonds is 3. The van der Waals surface area contributed by atoms with Crippen LogP contribution >= 0.6 is 23.2 Å². The summed E-state index contributed by atoms with van der Waals surface area (Å²) in [6.45, 7) is 2.87. The van der Waals surface area contributed by atoms with Crippen molar-refractivity contribution in [3.8, 4) is 0 Å². The lowest BCUT2D eigenvalue weighted by Gasteiger charge is -2.35. The SMILES string of the molecule is CCC1CN(S(=O)(=O)c2cccc(Cl)c2Cl)CCC1N. The Kier molecular flexibility index (Phi) is 4.97. The highest BCUT2D eigenvalue weighted by Crippen LogP contribution is 2.32. The number of hydrogen-bond acceptors (Lipinski definition) is 3. The smallest absolute Gasteiger partial charge is 0.244 e. The van der Waals surface area contributed by atoms with Gasteiger partial charge >= 0.3 is 0 Å². The summed E-state index contributed by atoms with van der Waals surface area (Å²) in [5.74, 6) is 0.177. The third-order valence-corrected chi connectivity index (χ3v) is 6.65. The second-order valence-electron chi connectivity index (χ2n) is 5.04. The summed E-state index contributed by atoms with van der Waals surface area (Å²) >= 11 is 11.9. The quantitative estimate of drug-likeness (QED) is 0.922. The van der Waals surface area contributed by atoms with Crippen LogP contribution in [0.5, 0.6) is 0 Å². The topological polar surface area (TPSA) is 63.4 Å². The minimum atomic E-state index is -3.62. The third-order valence-electron chi connectivity index (χ3n) is 3.81. The van der Waals surface area contributed by atoms with Gasteiger partial charge in [-0.15, -0.1) is 0 Å².